The van der Waals surface area contributed by atoms with Gasteiger partial charge in [0.2, 0.25) is 17.7 Å². The molecule has 5 rings (SSSR count). The zero-order chi connectivity index (χ0) is 30.3. The molecule has 0 bridgehead atoms. The summed E-state index contributed by atoms with van der Waals surface area (Å²) >= 11 is 1.28. The maximum atomic E-state index is 13.6. The number of likely N-dealkylation sites (tertiary alicyclic amines) is 1. The van der Waals surface area contributed by atoms with Gasteiger partial charge in [0.15, 0.2) is 5.52 Å². The highest BCUT2D eigenvalue weighted by Gasteiger charge is 2.38. The minimum atomic E-state index is -0.428. The van der Waals surface area contributed by atoms with E-state index in [9.17, 15) is 24.3 Å². The average Bonchev–Trinajstić information content (AvgIpc) is 3.01. The van der Waals surface area contributed by atoms with E-state index in [-0.39, 0.29) is 64.7 Å². The van der Waals surface area contributed by atoms with Gasteiger partial charge in [-0.2, -0.15) is 11.8 Å². The van der Waals surface area contributed by atoms with E-state index in [4.69, 9.17) is 5.73 Å². The standard InChI is InChI=1S/C31H38N6O5S/c32-26(39)18-43-15-12-28(40)34-27-9-8-25-29(35-27)31(42)37(19-33-25)17-20-10-13-36(14-11-20)30(41)23-7-6-22(38)16-24(23)21-4-2-1-3-5-21/h1-5,8-9,19-20,22-24,38H,6-7,10-18H2,(H2,32,39)(H,34,35,40). The van der Waals surface area contributed by atoms with Gasteiger partial charge >= 0.3 is 0 Å². The normalized spacial score (nSPS) is 21.0. The number of aliphatic hydroxyl groups excluding tert-OH is 1. The van der Waals surface area contributed by atoms with Crippen LogP contribution in [0.5, 0.6) is 0 Å². The van der Waals surface area contributed by atoms with Crippen LogP contribution in [0.15, 0.2) is 53.6 Å². The van der Waals surface area contributed by atoms with Crippen LogP contribution < -0.4 is 16.6 Å². The van der Waals surface area contributed by atoms with Gasteiger partial charge in [-0.25, -0.2) is 9.97 Å². The van der Waals surface area contributed by atoms with E-state index in [1.807, 2.05) is 35.2 Å². The van der Waals surface area contributed by atoms with E-state index in [0.29, 0.717) is 50.2 Å². The number of aromatic nitrogens is 3. The highest BCUT2D eigenvalue weighted by Crippen LogP contribution is 2.39. The maximum absolute atomic E-state index is 13.6. The number of carbonyl (C=O) groups is 3. The monoisotopic (exact) mass is 606 g/mol. The molecule has 3 heterocycles. The Hall–Kier alpha value is -3.77. The topological polar surface area (TPSA) is 161 Å². The number of amides is 3. The van der Waals surface area contributed by atoms with E-state index in [1.54, 1.807) is 16.7 Å². The van der Waals surface area contributed by atoms with Crippen LogP contribution in [0.2, 0.25) is 0 Å². The second-order valence-electron chi connectivity index (χ2n) is 11.4. The molecular formula is C31H38N6O5S. The number of nitrogens with zero attached hydrogens (tertiary/aromatic N) is 4. The predicted molar refractivity (Wildman–Crippen MR) is 165 cm³/mol. The quantitative estimate of drug-likeness (QED) is 0.297. The first-order valence-electron chi connectivity index (χ1n) is 14.8. The Kier molecular flexibility index (Phi) is 10.1. The summed E-state index contributed by atoms with van der Waals surface area (Å²) in [6.07, 6.45) is 4.82. The lowest BCUT2D eigenvalue weighted by molar-refractivity contribution is -0.139. The summed E-state index contributed by atoms with van der Waals surface area (Å²) in [5, 5.41) is 13.0. The lowest BCUT2D eigenvalue weighted by Gasteiger charge is -2.39. The zero-order valence-electron chi connectivity index (χ0n) is 24.1. The molecule has 1 aliphatic carbocycles. The van der Waals surface area contributed by atoms with Crippen LogP contribution in [0, 0.1) is 11.8 Å². The summed E-state index contributed by atoms with van der Waals surface area (Å²) in [4.78, 5) is 60.8. The number of nitrogens with two attached hydrogens (primary N) is 1. The fraction of sp³-hybridized carbons (Fsp3) is 0.484. The molecule has 43 heavy (non-hydrogen) atoms. The van der Waals surface area contributed by atoms with Gasteiger partial charge in [0.05, 0.1) is 23.7 Å². The Labute approximate surface area is 254 Å². The van der Waals surface area contributed by atoms with Crippen LogP contribution in [0.1, 0.15) is 50.0 Å². The zero-order valence-corrected chi connectivity index (χ0v) is 24.9. The Morgan fingerprint density at radius 1 is 1.05 bits per heavy atom. The third-order valence-corrected chi connectivity index (χ3v) is 9.39. The molecule has 12 heteroatoms. The molecular weight excluding hydrogens is 568 g/mol. The molecule has 1 saturated heterocycles. The number of thioether (sulfide) groups is 1. The number of benzene rings is 1. The van der Waals surface area contributed by atoms with Gasteiger partial charge in [0.1, 0.15) is 5.82 Å². The Morgan fingerprint density at radius 2 is 1.81 bits per heavy atom. The Bertz CT molecular complexity index is 1510. The molecule has 0 spiro atoms. The lowest BCUT2D eigenvalue weighted by atomic mass is 9.73. The predicted octanol–water partition coefficient (Wildman–Crippen LogP) is 2.52. The van der Waals surface area contributed by atoms with E-state index in [2.05, 4.69) is 15.3 Å². The first kappa shape index (κ1) is 30.7. The SMILES string of the molecule is NC(=O)CSCCC(=O)Nc1ccc2ncn(CC3CCN(C(=O)C4CCC(O)CC4c4ccccc4)CC3)c(=O)c2n1. The fourth-order valence-electron chi connectivity index (χ4n) is 6.14. The number of hydrogen-bond donors (Lipinski definition) is 3. The Balaban J connectivity index is 1.18. The number of fused-ring (bicyclic) bond motifs is 1. The van der Waals surface area contributed by atoms with Crippen molar-refractivity contribution in [2.45, 2.75) is 57.1 Å². The van der Waals surface area contributed by atoms with E-state index < -0.39 is 5.91 Å². The van der Waals surface area contributed by atoms with Gasteiger partial charge < -0.3 is 21.1 Å². The minimum Gasteiger partial charge on any atom is -0.393 e. The van der Waals surface area contributed by atoms with Crippen LogP contribution in [-0.2, 0) is 20.9 Å². The minimum absolute atomic E-state index is 0.0142. The molecule has 2 fully saturated rings. The van der Waals surface area contributed by atoms with Crippen molar-refractivity contribution in [3.63, 3.8) is 0 Å². The highest BCUT2D eigenvalue weighted by molar-refractivity contribution is 7.99. The number of carbonyl (C=O) groups excluding carboxylic acids is 3. The third-order valence-electron chi connectivity index (χ3n) is 8.41. The second kappa shape index (κ2) is 14.1. The summed E-state index contributed by atoms with van der Waals surface area (Å²) in [7, 11) is 0. The number of aliphatic hydroxyl groups is 1. The van der Waals surface area contributed by atoms with Crippen molar-refractivity contribution in [3.8, 4) is 0 Å². The summed E-state index contributed by atoms with van der Waals surface area (Å²) in [5.41, 5.74) is 6.57. The first-order chi connectivity index (χ1) is 20.8. The first-order valence-corrected chi connectivity index (χ1v) is 16.0. The number of piperidine rings is 1. The van der Waals surface area contributed by atoms with E-state index in [1.165, 1.54) is 18.1 Å². The van der Waals surface area contributed by atoms with Crippen molar-refractivity contribution < 1.29 is 19.5 Å². The third kappa shape index (κ3) is 7.80. The number of nitrogens with one attached hydrogen (secondary N) is 1. The molecule has 2 aliphatic rings. The van der Waals surface area contributed by atoms with E-state index in [0.717, 1.165) is 18.4 Å². The van der Waals surface area contributed by atoms with Gasteiger partial charge in [-0.1, -0.05) is 30.3 Å². The molecule has 4 N–H and O–H groups in total. The number of hydrogen-bond acceptors (Lipinski definition) is 8. The summed E-state index contributed by atoms with van der Waals surface area (Å²) < 4.78 is 1.57. The van der Waals surface area contributed by atoms with Crippen LogP contribution in [0.25, 0.3) is 11.0 Å². The van der Waals surface area contributed by atoms with Gasteiger partial charge in [0, 0.05) is 37.7 Å². The molecule has 0 radical (unpaired) electrons. The molecule has 3 amide bonds. The van der Waals surface area contributed by atoms with Gasteiger partial charge in [-0.05, 0) is 61.6 Å². The second-order valence-corrected chi connectivity index (χ2v) is 12.5. The van der Waals surface area contributed by atoms with Crippen LogP contribution in [0.4, 0.5) is 5.82 Å². The largest absolute Gasteiger partial charge is 0.393 e. The van der Waals surface area contributed by atoms with Crippen molar-refractivity contribution in [1.82, 2.24) is 19.4 Å². The smallest absolute Gasteiger partial charge is 0.279 e. The van der Waals surface area contributed by atoms with Crippen molar-refractivity contribution in [2.75, 3.05) is 29.9 Å². The van der Waals surface area contributed by atoms with Crippen LogP contribution >= 0.6 is 11.8 Å². The molecule has 3 atom stereocenters. The lowest BCUT2D eigenvalue weighted by Crippen LogP contribution is -2.45. The van der Waals surface area contributed by atoms with Crippen molar-refractivity contribution in [2.24, 2.45) is 17.6 Å². The molecule has 1 saturated carbocycles. The number of pyridine rings is 1. The maximum Gasteiger partial charge on any atom is 0.279 e. The van der Waals surface area contributed by atoms with E-state index >= 15 is 0 Å². The Morgan fingerprint density at radius 3 is 2.56 bits per heavy atom. The molecule has 2 aromatic heterocycles. The molecule has 1 aromatic carbocycles. The van der Waals surface area contributed by atoms with Gasteiger partial charge in [-0.3, -0.25) is 23.7 Å². The fourth-order valence-corrected chi connectivity index (χ4v) is 6.81. The molecule has 11 nitrogen and oxygen atoms in total. The summed E-state index contributed by atoms with van der Waals surface area (Å²) in [6.45, 7) is 1.74. The highest BCUT2D eigenvalue weighted by atomic mass is 32.2. The van der Waals surface area contributed by atoms with Crippen LogP contribution in [-0.4, -0.2) is 73.0 Å². The van der Waals surface area contributed by atoms with Crippen molar-refractivity contribution >= 4 is 46.3 Å². The summed E-state index contributed by atoms with van der Waals surface area (Å²) in [5.74, 6) is 0.417. The molecule has 228 valence electrons. The molecule has 1 aliphatic heterocycles. The number of primary amides is 1. The van der Waals surface area contributed by atoms with Gasteiger partial charge in [-0.15, -0.1) is 0 Å². The number of anilines is 1. The molecule has 3 unspecified atom stereocenters. The van der Waals surface area contributed by atoms with Crippen LogP contribution in [0.3, 0.4) is 0 Å². The summed E-state index contributed by atoms with van der Waals surface area (Å²) in [6, 6.07) is 13.3. The number of rotatable bonds is 10. The average molecular weight is 607 g/mol. The van der Waals surface area contributed by atoms with Gasteiger partial charge in [0.25, 0.3) is 5.56 Å². The molecule has 3 aromatic rings. The van der Waals surface area contributed by atoms with Crippen molar-refractivity contribution in [3.05, 3.63) is 64.7 Å². The van der Waals surface area contributed by atoms with Crippen molar-refractivity contribution in [1.29, 1.82) is 0 Å².